The fourth-order valence-electron chi connectivity index (χ4n) is 7.12. The minimum absolute atomic E-state index is 1.23. The molecule has 1 nitrogen and oxygen atoms in total. The highest BCUT2D eigenvalue weighted by atomic mass is 32.1. The maximum Gasteiger partial charge on any atom is 0.0555 e. The number of hydrogen-bond acceptors (Lipinski definition) is 2. The van der Waals surface area contributed by atoms with Crippen molar-refractivity contribution in [3.8, 4) is 27.9 Å². The predicted octanol–water partition coefficient (Wildman–Crippen LogP) is 12.9. The molecule has 10 aromatic rings. The molecular formula is C42H25NS2. The Kier molecular flexibility index (Phi) is 5.39. The molecule has 3 heteroatoms. The van der Waals surface area contributed by atoms with Crippen LogP contribution in [0.25, 0.3) is 90.1 Å². The van der Waals surface area contributed by atoms with E-state index < -0.39 is 0 Å². The normalized spacial score (nSPS) is 12.0. The average molecular weight is 608 g/mol. The molecule has 0 amide bonds. The summed E-state index contributed by atoms with van der Waals surface area (Å²) in [5, 5.41) is 7.85. The Balaban J connectivity index is 1.26. The number of aromatic nitrogens is 1. The number of benzene rings is 7. The number of nitrogens with zero attached hydrogens (tertiary/aromatic N) is 1. The number of fused-ring (bicyclic) bond motifs is 9. The van der Waals surface area contributed by atoms with Gasteiger partial charge in [0, 0.05) is 51.1 Å². The van der Waals surface area contributed by atoms with Gasteiger partial charge in [-0.2, -0.15) is 0 Å². The summed E-state index contributed by atoms with van der Waals surface area (Å²) >= 11 is 3.75. The Bertz CT molecular complexity index is 2760. The summed E-state index contributed by atoms with van der Waals surface area (Å²) in [6, 6.07) is 55.9. The fraction of sp³-hybridized carbons (Fsp3) is 0. The standard InChI is InChI=1S/C42H25NS2/c1-2-9-26(10-3-1)27-18-21-35-33(23-27)34-24-28(29-17-20-31-30-11-4-6-14-38(30)45-41(31)25-29)19-22-36(34)43(35)37-13-8-16-40-42(37)32-12-5-7-15-39(32)44-40/h1-25H. The molecular weight excluding hydrogens is 583 g/mol. The lowest BCUT2D eigenvalue weighted by molar-refractivity contribution is 1.20. The zero-order chi connectivity index (χ0) is 29.5. The average Bonchev–Trinajstić information content (AvgIpc) is 3.77. The lowest BCUT2D eigenvalue weighted by Gasteiger charge is -2.11. The van der Waals surface area contributed by atoms with Gasteiger partial charge in [-0.1, -0.05) is 97.1 Å². The molecule has 0 unspecified atom stereocenters. The SMILES string of the molecule is c1ccc(-c2ccc3c(c2)c2cc(-c4ccc5c(c4)sc4ccccc45)ccc2n3-c2cccc3sc4ccccc4c23)cc1. The Hall–Kier alpha value is -5.22. The molecule has 0 N–H and O–H groups in total. The molecule has 10 rings (SSSR count). The van der Waals surface area contributed by atoms with Crippen LogP contribution < -0.4 is 0 Å². The van der Waals surface area contributed by atoms with Crippen LogP contribution in [0.15, 0.2) is 152 Å². The van der Waals surface area contributed by atoms with Gasteiger partial charge in [0.2, 0.25) is 0 Å². The second-order valence-electron chi connectivity index (χ2n) is 11.7. The maximum atomic E-state index is 2.49. The molecule has 0 fully saturated rings. The number of rotatable bonds is 3. The molecule has 0 saturated carbocycles. The van der Waals surface area contributed by atoms with Gasteiger partial charge in [0.1, 0.15) is 0 Å². The minimum atomic E-state index is 1.23. The molecule has 0 radical (unpaired) electrons. The van der Waals surface area contributed by atoms with Gasteiger partial charge < -0.3 is 4.57 Å². The van der Waals surface area contributed by atoms with Gasteiger partial charge in [-0.15, -0.1) is 22.7 Å². The molecule has 0 saturated heterocycles. The molecule has 7 aromatic carbocycles. The largest absolute Gasteiger partial charge is 0.309 e. The minimum Gasteiger partial charge on any atom is -0.309 e. The smallest absolute Gasteiger partial charge is 0.0555 e. The van der Waals surface area contributed by atoms with Crippen LogP contribution in [0.1, 0.15) is 0 Å². The second-order valence-corrected chi connectivity index (χ2v) is 13.9. The molecule has 210 valence electrons. The van der Waals surface area contributed by atoms with Crippen molar-refractivity contribution in [2.75, 3.05) is 0 Å². The fourth-order valence-corrected chi connectivity index (χ4v) is 9.39. The molecule has 3 aromatic heterocycles. The highest BCUT2D eigenvalue weighted by Crippen LogP contribution is 2.43. The summed E-state index contributed by atoms with van der Waals surface area (Å²) in [7, 11) is 0. The summed E-state index contributed by atoms with van der Waals surface area (Å²) in [6.45, 7) is 0. The van der Waals surface area contributed by atoms with Gasteiger partial charge in [0.05, 0.1) is 16.7 Å². The summed E-state index contributed by atoms with van der Waals surface area (Å²) in [6.07, 6.45) is 0. The predicted molar refractivity (Wildman–Crippen MR) is 197 cm³/mol. The van der Waals surface area contributed by atoms with E-state index >= 15 is 0 Å². The van der Waals surface area contributed by atoms with Crippen molar-refractivity contribution in [1.82, 2.24) is 4.57 Å². The van der Waals surface area contributed by atoms with E-state index in [0.717, 1.165) is 0 Å². The molecule has 0 aliphatic carbocycles. The zero-order valence-corrected chi connectivity index (χ0v) is 25.8. The van der Waals surface area contributed by atoms with Crippen LogP contribution >= 0.6 is 22.7 Å². The topological polar surface area (TPSA) is 4.93 Å². The molecule has 0 aliphatic rings. The van der Waals surface area contributed by atoms with Crippen LogP contribution in [0.3, 0.4) is 0 Å². The van der Waals surface area contributed by atoms with Crippen LogP contribution in [0.2, 0.25) is 0 Å². The van der Waals surface area contributed by atoms with E-state index in [9.17, 15) is 0 Å². The zero-order valence-electron chi connectivity index (χ0n) is 24.2. The Morgan fingerprint density at radius 2 is 0.889 bits per heavy atom. The number of hydrogen-bond donors (Lipinski definition) is 0. The number of thiophene rings is 2. The van der Waals surface area contributed by atoms with E-state index in [0.29, 0.717) is 0 Å². The van der Waals surface area contributed by atoms with Crippen LogP contribution in [-0.4, -0.2) is 4.57 Å². The lowest BCUT2D eigenvalue weighted by Crippen LogP contribution is -1.94. The quantitative estimate of drug-likeness (QED) is 0.188. The van der Waals surface area contributed by atoms with Crippen molar-refractivity contribution in [3.63, 3.8) is 0 Å². The van der Waals surface area contributed by atoms with Crippen LogP contribution in [-0.2, 0) is 0 Å². The summed E-state index contributed by atoms with van der Waals surface area (Å²) in [4.78, 5) is 0. The maximum absolute atomic E-state index is 2.49. The highest BCUT2D eigenvalue weighted by molar-refractivity contribution is 7.26. The Morgan fingerprint density at radius 1 is 0.333 bits per heavy atom. The third-order valence-electron chi connectivity index (χ3n) is 9.21. The van der Waals surface area contributed by atoms with E-state index in [1.54, 1.807) is 0 Å². The van der Waals surface area contributed by atoms with Gasteiger partial charge in [-0.3, -0.25) is 0 Å². The summed E-state index contributed by atoms with van der Waals surface area (Å²) < 4.78 is 7.80. The van der Waals surface area contributed by atoms with Gasteiger partial charge in [-0.05, 0) is 76.9 Å². The van der Waals surface area contributed by atoms with E-state index in [2.05, 4.69) is 156 Å². The first-order chi connectivity index (χ1) is 22.3. The second kappa shape index (κ2) is 9.64. The molecule has 45 heavy (non-hydrogen) atoms. The molecule has 3 heterocycles. The van der Waals surface area contributed by atoms with Crippen LogP contribution in [0.4, 0.5) is 0 Å². The van der Waals surface area contributed by atoms with E-state index in [1.165, 1.54) is 90.1 Å². The third-order valence-corrected chi connectivity index (χ3v) is 11.5. The molecule has 0 atom stereocenters. The molecule has 0 bridgehead atoms. The first kappa shape index (κ1) is 25.1. The summed E-state index contributed by atoms with van der Waals surface area (Å²) in [5.41, 5.74) is 8.65. The van der Waals surface area contributed by atoms with Crippen LogP contribution in [0, 0.1) is 0 Å². The van der Waals surface area contributed by atoms with E-state index in [-0.39, 0.29) is 0 Å². The van der Waals surface area contributed by atoms with Gasteiger partial charge >= 0.3 is 0 Å². The van der Waals surface area contributed by atoms with Crippen molar-refractivity contribution in [3.05, 3.63) is 152 Å². The first-order valence-corrected chi connectivity index (χ1v) is 16.9. The molecule has 0 spiro atoms. The third kappa shape index (κ3) is 3.78. The first-order valence-electron chi connectivity index (χ1n) is 15.3. The highest BCUT2D eigenvalue weighted by Gasteiger charge is 2.18. The van der Waals surface area contributed by atoms with Crippen molar-refractivity contribution >= 4 is 84.8 Å². The van der Waals surface area contributed by atoms with E-state index in [4.69, 9.17) is 0 Å². The Labute approximate surface area is 267 Å². The van der Waals surface area contributed by atoms with Crippen molar-refractivity contribution in [1.29, 1.82) is 0 Å². The Morgan fingerprint density at radius 3 is 1.67 bits per heavy atom. The molecule has 0 aliphatic heterocycles. The van der Waals surface area contributed by atoms with Gasteiger partial charge in [0.15, 0.2) is 0 Å². The van der Waals surface area contributed by atoms with Crippen molar-refractivity contribution in [2.24, 2.45) is 0 Å². The van der Waals surface area contributed by atoms with Gasteiger partial charge in [-0.25, -0.2) is 0 Å². The van der Waals surface area contributed by atoms with Crippen LogP contribution in [0.5, 0.6) is 0 Å². The van der Waals surface area contributed by atoms with Gasteiger partial charge in [0.25, 0.3) is 0 Å². The van der Waals surface area contributed by atoms with E-state index in [1.807, 2.05) is 22.7 Å². The van der Waals surface area contributed by atoms with Crippen molar-refractivity contribution < 1.29 is 0 Å². The summed E-state index contributed by atoms with van der Waals surface area (Å²) in [5.74, 6) is 0. The monoisotopic (exact) mass is 607 g/mol. The van der Waals surface area contributed by atoms with Crippen molar-refractivity contribution in [2.45, 2.75) is 0 Å². The lowest BCUT2D eigenvalue weighted by atomic mass is 9.99.